The Morgan fingerprint density at radius 2 is 2.09 bits per heavy atom. The van der Waals surface area contributed by atoms with E-state index in [1.165, 1.54) is 44.9 Å². The summed E-state index contributed by atoms with van der Waals surface area (Å²) in [5, 5.41) is 0. The zero-order valence-corrected chi connectivity index (χ0v) is 14.7. The second kappa shape index (κ2) is 6.23. The first kappa shape index (κ1) is 15.9. The zero-order valence-electron chi connectivity index (χ0n) is 14.7. The first-order valence-electron chi connectivity index (χ1n) is 8.96. The molecule has 3 rings (SSSR count). The van der Waals surface area contributed by atoms with E-state index < -0.39 is 0 Å². The molecule has 1 aromatic rings. The Morgan fingerprint density at radius 3 is 2.77 bits per heavy atom. The van der Waals surface area contributed by atoms with Crippen molar-refractivity contribution in [2.75, 3.05) is 21.2 Å². The fourth-order valence-corrected chi connectivity index (χ4v) is 5.29. The minimum Gasteiger partial charge on any atom is -0.497 e. The van der Waals surface area contributed by atoms with Crippen LogP contribution in [0, 0.1) is 5.92 Å². The van der Waals surface area contributed by atoms with E-state index >= 15 is 0 Å². The maximum Gasteiger partial charge on any atom is 0.119 e. The highest BCUT2D eigenvalue weighted by atomic mass is 16.5. The summed E-state index contributed by atoms with van der Waals surface area (Å²) in [7, 11) is 6.33. The lowest BCUT2D eigenvalue weighted by Crippen LogP contribution is -2.53. The molecule has 2 aliphatic rings. The second-order valence-corrected chi connectivity index (χ2v) is 7.52. The zero-order chi connectivity index (χ0) is 15.7. The lowest BCUT2D eigenvalue weighted by molar-refractivity contribution is 0.0644. The Hall–Kier alpha value is -1.02. The Kier molecular flexibility index (Phi) is 4.49. The average molecular weight is 301 g/mol. The van der Waals surface area contributed by atoms with Gasteiger partial charge in [-0.1, -0.05) is 32.3 Å². The van der Waals surface area contributed by atoms with Gasteiger partial charge in [0.1, 0.15) is 5.75 Å². The Balaban J connectivity index is 2.14. The Morgan fingerprint density at radius 1 is 1.27 bits per heavy atom. The summed E-state index contributed by atoms with van der Waals surface area (Å²) in [5.41, 5.74) is 3.55. The number of fused-ring (bicyclic) bond motifs is 3. The predicted octanol–water partition coefficient (Wildman–Crippen LogP) is 4.41. The van der Waals surface area contributed by atoms with Gasteiger partial charge in [-0.2, -0.15) is 0 Å². The highest BCUT2D eigenvalue weighted by molar-refractivity contribution is 5.44. The van der Waals surface area contributed by atoms with E-state index in [0.717, 1.165) is 11.7 Å². The second-order valence-electron chi connectivity index (χ2n) is 7.52. The molecule has 0 heterocycles. The van der Waals surface area contributed by atoms with Gasteiger partial charge in [0.25, 0.3) is 0 Å². The van der Waals surface area contributed by atoms with Gasteiger partial charge >= 0.3 is 0 Å². The molecule has 2 aliphatic carbocycles. The molecule has 122 valence electrons. The normalized spacial score (nSPS) is 30.8. The summed E-state index contributed by atoms with van der Waals surface area (Å²) >= 11 is 0. The Bertz CT molecular complexity index is 520. The number of hydrogen-bond donors (Lipinski definition) is 0. The van der Waals surface area contributed by atoms with Crippen LogP contribution in [0.15, 0.2) is 18.2 Å². The van der Waals surface area contributed by atoms with E-state index in [4.69, 9.17) is 4.74 Å². The van der Waals surface area contributed by atoms with E-state index in [0.29, 0.717) is 11.5 Å². The maximum atomic E-state index is 5.55. The summed E-state index contributed by atoms with van der Waals surface area (Å²) in [6.07, 6.45) is 9.32. The third-order valence-corrected chi connectivity index (χ3v) is 6.20. The van der Waals surface area contributed by atoms with Crippen LogP contribution in [0.5, 0.6) is 5.75 Å². The van der Waals surface area contributed by atoms with Gasteiger partial charge in [0.15, 0.2) is 0 Å². The first-order chi connectivity index (χ1) is 10.6. The molecule has 0 N–H and O–H groups in total. The molecule has 0 spiro atoms. The lowest BCUT2D eigenvalue weighted by Gasteiger charge is -2.54. The molecular formula is C20H31NO. The third kappa shape index (κ3) is 2.46. The standard InChI is InChI=1S/C20H31NO/c1-5-11-20-12-7-6-8-17(20)19(21(2)3)13-15-9-10-16(22-4)14-18(15)20/h9-10,14,17,19H,5-8,11-13H2,1-4H3/t17?,19?,20-/m1/s1. The third-order valence-electron chi connectivity index (χ3n) is 6.20. The number of nitrogens with zero attached hydrogens (tertiary/aromatic N) is 1. The first-order valence-corrected chi connectivity index (χ1v) is 8.96. The fourth-order valence-electron chi connectivity index (χ4n) is 5.29. The summed E-state index contributed by atoms with van der Waals surface area (Å²) in [4.78, 5) is 2.48. The van der Waals surface area contributed by atoms with Crippen molar-refractivity contribution in [3.05, 3.63) is 29.3 Å². The highest BCUT2D eigenvalue weighted by Gasteiger charge is 2.49. The predicted molar refractivity (Wildman–Crippen MR) is 92.7 cm³/mol. The molecule has 22 heavy (non-hydrogen) atoms. The van der Waals surface area contributed by atoms with E-state index in [2.05, 4.69) is 44.1 Å². The van der Waals surface area contributed by atoms with Crippen LogP contribution < -0.4 is 4.74 Å². The van der Waals surface area contributed by atoms with Gasteiger partial charge in [-0.05, 0) is 69.0 Å². The van der Waals surface area contributed by atoms with Gasteiger partial charge in [0.2, 0.25) is 0 Å². The highest BCUT2D eigenvalue weighted by Crippen LogP contribution is 2.54. The molecule has 3 atom stereocenters. The topological polar surface area (TPSA) is 12.5 Å². The largest absolute Gasteiger partial charge is 0.497 e. The van der Waals surface area contributed by atoms with Crippen molar-refractivity contribution in [3.8, 4) is 5.75 Å². The molecule has 0 amide bonds. The van der Waals surface area contributed by atoms with Crippen LogP contribution in [0.1, 0.15) is 56.6 Å². The van der Waals surface area contributed by atoms with E-state index in [1.54, 1.807) is 18.2 Å². The maximum absolute atomic E-state index is 5.55. The molecule has 2 heteroatoms. The smallest absolute Gasteiger partial charge is 0.119 e. The SMILES string of the molecule is CCC[C@@]12CCCCC1C(N(C)C)Cc1ccc(OC)cc12. The molecular weight excluding hydrogens is 270 g/mol. The van der Waals surface area contributed by atoms with Crippen molar-refractivity contribution in [1.29, 1.82) is 0 Å². The van der Waals surface area contributed by atoms with Crippen molar-refractivity contribution in [1.82, 2.24) is 4.90 Å². The Labute approximate surface area is 135 Å². The molecule has 0 saturated heterocycles. The van der Waals surface area contributed by atoms with Crippen LogP contribution >= 0.6 is 0 Å². The minimum atomic E-state index is 0.379. The molecule has 0 bridgehead atoms. The van der Waals surface area contributed by atoms with Crippen molar-refractivity contribution in [2.45, 2.75) is 63.3 Å². The van der Waals surface area contributed by atoms with Crippen LogP contribution in [-0.2, 0) is 11.8 Å². The van der Waals surface area contributed by atoms with Gasteiger partial charge in [-0.15, -0.1) is 0 Å². The molecule has 0 radical (unpaired) electrons. The number of likely N-dealkylation sites (N-methyl/N-ethyl adjacent to an activating group) is 1. The van der Waals surface area contributed by atoms with Crippen LogP contribution in [0.4, 0.5) is 0 Å². The molecule has 1 fully saturated rings. The van der Waals surface area contributed by atoms with Crippen LogP contribution in [0.25, 0.3) is 0 Å². The van der Waals surface area contributed by atoms with E-state index in [1.807, 2.05) is 0 Å². The summed E-state index contributed by atoms with van der Waals surface area (Å²) in [6.45, 7) is 2.35. The molecule has 1 saturated carbocycles. The van der Waals surface area contributed by atoms with Crippen molar-refractivity contribution >= 4 is 0 Å². The van der Waals surface area contributed by atoms with E-state index in [9.17, 15) is 0 Å². The minimum absolute atomic E-state index is 0.379. The number of rotatable bonds is 4. The van der Waals surface area contributed by atoms with Gasteiger partial charge in [-0.25, -0.2) is 0 Å². The molecule has 2 unspecified atom stereocenters. The van der Waals surface area contributed by atoms with Gasteiger partial charge in [-0.3, -0.25) is 0 Å². The monoisotopic (exact) mass is 301 g/mol. The van der Waals surface area contributed by atoms with Crippen molar-refractivity contribution < 1.29 is 4.74 Å². The quantitative estimate of drug-likeness (QED) is 0.817. The number of methoxy groups -OCH3 is 1. The van der Waals surface area contributed by atoms with Gasteiger partial charge in [0, 0.05) is 11.5 Å². The summed E-state index contributed by atoms with van der Waals surface area (Å²) < 4.78 is 5.55. The molecule has 0 aromatic heterocycles. The number of ether oxygens (including phenoxy) is 1. The summed E-state index contributed by atoms with van der Waals surface area (Å²) in [5.74, 6) is 1.83. The number of benzene rings is 1. The molecule has 0 aliphatic heterocycles. The van der Waals surface area contributed by atoms with Crippen LogP contribution in [0.3, 0.4) is 0 Å². The van der Waals surface area contributed by atoms with E-state index in [-0.39, 0.29) is 0 Å². The lowest BCUT2D eigenvalue weighted by atomic mass is 9.54. The summed E-state index contributed by atoms with van der Waals surface area (Å²) in [6, 6.07) is 7.52. The van der Waals surface area contributed by atoms with Crippen LogP contribution in [0.2, 0.25) is 0 Å². The van der Waals surface area contributed by atoms with Crippen molar-refractivity contribution in [3.63, 3.8) is 0 Å². The average Bonchev–Trinajstić information content (AvgIpc) is 2.53. The number of hydrogen-bond acceptors (Lipinski definition) is 2. The molecule has 2 nitrogen and oxygen atoms in total. The van der Waals surface area contributed by atoms with Gasteiger partial charge < -0.3 is 9.64 Å². The van der Waals surface area contributed by atoms with Crippen molar-refractivity contribution in [2.24, 2.45) is 5.92 Å². The van der Waals surface area contributed by atoms with Gasteiger partial charge in [0.05, 0.1) is 7.11 Å². The fraction of sp³-hybridized carbons (Fsp3) is 0.700. The molecule has 1 aromatic carbocycles. The van der Waals surface area contributed by atoms with Crippen LogP contribution in [-0.4, -0.2) is 32.1 Å².